The van der Waals surface area contributed by atoms with E-state index in [1.165, 1.54) is 51.4 Å². The largest absolute Gasteiger partial charge is 0.379 e. The van der Waals surface area contributed by atoms with Crippen LogP contribution < -0.4 is 5.32 Å². The van der Waals surface area contributed by atoms with Gasteiger partial charge < -0.3 is 10.1 Å². The lowest BCUT2D eigenvalue weighted by Gasteiger charge is -2.48. The van der Waals surface area contributed by atoms with Gasteiger partial charge in [-0.25, -0.2) is 0 Å². The summed E-state index contributed by atoms with van der Waals surface area (Å²) in [4.78, 5) is 15.1. The highest BCUT2D eigenvalue weighted by atomic mass is 16.5. The van der Waals surface area contributed by atoms with Crippen molar-refractivity contribution in [1.82, 2.24) is 10.2 Å². The molecule has 1 saturated heterocycles. The van der Waals surface area contributed by atoms with E-state index >= 15 is 0 Å². The lowest BCUT2D eigenvalue weighted by Crippen LogP contribution is -2.60. The number of hydrogen-bond acceptors (Lipinski definition) is 3. The minimum atomic E-state index is 0.201. The Balaban J connectivity index is 1.58. The number of ether oxygens (including phenoxy) is 1. The highest BCUT2D eigenvalue weighted by Crippen LogP contribution is 2.34. The Bertz CT molecular complexity index is 354. The second-order valence-electron chi connectivity index (χ2n) is 7.44. The van der Waals surface area contributed by atoms with Gasteiger partial charge in [-0.1, -0.05) is 38.5 Å². The average Bonchev–Trinajstić information content (AvgIpc) is 2.62. The maximum atomic E-state index is 12.5. The Labute approximate surface area is 135 Å². The number of morpholine rings is 1. The van der Waals surface area contributed by atoms with E-state index in [1.807, 2.05) is 0 Å². The Morgan fingerprint density at radius 3 is 2.32 bits per heavy atom. The first-order valence-corrected chi connectivity index (χ1v) is 9.41. The van der Waals surface area contributed by atoms with Gasteiger partial charge in [0.25, 0.3) is 0 Å². The van der Waals surface area contributed by atoms with E-state index in [0.29, 0.717) is 5.91 Å². The molecule has 0 atom stereocenters. The molecule has 2 aliphatic carbocycles. The summed E-state index contributed by atoms with van der Waals surface area (Å²) < 4.78 is 5.53. The van der Waals surface area contributed by atoms with Crippen LogP contribution in [0.25, 0.3) is 0 Å². The van der Waals surface area contributed by atoms with Crippen LogP contribution in [0.4, 0.5) is 0 Å². The predicted molar refractivity (Wildman–Crippen MR) is 87.8 cm³/mol. The van der Waals surface area contributed by atoms with Crippen LogP contribution in [0.15, 0.2) is 0 Å². The Morgan fingerprint density at radius 1 is 1.00 bits per heavy atom. The fourth-order valence-electron chi connectivity index (χ4n) is 4.61. The van der Waals surface area contributed by atoms with Crippen molar-refractivity contribution in [1.29, 1.82) is 0 Å². The maximum Gasteiger partial charge on any atom is 0.223 e. The molecular formula is C18H32N2O2. The summed E-state index contributed by atoms with van der Waals surface area (Å²) in [7, 11) is 0. The van der Waals surface area contributed by atoms with Gasteiger partial charge in [0.05, 0.1) is 13.2 Å². The summed E-state index contributed by atoms with van der Waals surface area (Å²) in [5.41, 5.74) is 0.201. The first-order valence-electron chi connectivity index (χ1n) is 9.41. The number of amides is 1. The summed E-state index contributed by atoms with van der Waals surface area (Å²) in [5.74, 6) is 0.594. The molecule has 1 N–H and O–H groups in total. The minimum Gasteiger partial charge on any atom is -0.379 e. The van der Waals surface area contributed by atoms with Crippen molar-refractivity contribution in [3.63, 3.8) is 0 Å². The van der Waals surface area contributed by atoms with Crippen molar-refractivity contribution < 1.29 is 9.53 Å². The van der Waals surface area contributed by atoms with Gasteiger partial charge in [0.15, 0.2) is 0 Å². The molecule has 3 aliphatic rings. The standard InChI is InChI=1S/C18H32N2O2/c21-17(16-7-3-1-4-8-16)19-15-18(9-5-2-6-10-18)20-11-13-22-14-12-20/h16H,1-15H2,(H,19,21). The number of nitrogens with one attached hydrogen (secondary N) is 1. The van der Waals surface area contributed by atoms with Crippen LogP contribution in [0.2, 0.25) is 0 Å². The van der Waals surface area contributed by atoms with Crippen molar-refractivity contribution in [3.8, 4) is 0 Å². The van der Waals surface area contributed by atoms with Crippen molar-refractivity contribution in [2.75, 3.05) is 32.8 Å². The van der Waals surface area contributed by atoms with Gasteiger partial charge in [-0.3, -0.25) is 9.69 Å². The third-order valence-electron chi connectivity index (χ3n) is 6.03. The third-order valence-corrected chi connectivity index (χ3v) is 6.03. The Kier molecular flexibility index (Phi) is 5.75. The molecule has 3 fully saturated rings. The second-order valence-corrected chi connectivity index (χ2v) is 7.44. The van der Waals surface area contributed by atoms with Gasteiger partial charge >= 0.3 is 0 Å². The van der Waals surface area contributed by atoms with Crippen LogP contribution in [-0.2, 0) is 9.53 Å². The van der Waals surface area contributed by atoms with Crippen LogP contribution in [0.1, 0.15) is 64.2 Å². The molecule has 1 aliphatic heterocycles. The second kappa shape index (κ2) is 7.78. The first-order chi connectivity index (χ1) is 10.8. The fourth-order valence-corrected chi connectivity index (χ4v) is 4.61. The maximum absolute atomic E-state index is 12.5. The predicted octanol–water partition coefficient (Wildman–Crippen LogP) is 2.72. The molecule has 0 unspecified atom stereocenters. The molecule has 22 heavy (non-hydrogen) atoms. The molecule has 0 aromatic rings. The Hall–Kier alpha value is -0.610. The van der Waals surface area contributed by atoms with Crippen molar-refractivity contribution in [2.24, 2.45) is 5.92 Å². The molecule has 0 bridgehead atoms. The molecule has 4 heteroatoms. The van der Waals surface area contributed by atoms with Crippen LogP contribution >= 0.6 is 0 Å². The van der Waals surface area contributed by atoms with Gasteiger partial charge in [-0.2, -0.15) is 0 Å². The van der Waals surface area contributed by atoms with Gasteiger partial charge in [-0.15, -0.1) is 0 Å². The molecule has 0 aromatic carbocycles. The number of nitrogens with zero attached hydrogens (tertiary/aromatic N) is 1. The average molecular weight is 308 g/mol. The molecule has 0 spiro atoms. The third kappa shape index (κ3) is 3.83. The van der Waals surface area contributed by atoms with E-state index in [-0.39, 0.29) is 11.5 Å². The number of hydrogen-bond donors (Lipinski definition) is 1. The summed E-state index contributed by atoms with van der Waals surface area (Å²) in [6, 6.07) is 0. The van der Waals surface area contributed by atoms with Gasteiger partial charge in [0.1, 0.15) is 0 Å². The van der Waals surface area contributed by atoms with E-state index in [0.717, 1.165) is 45.7 Å². The Morgan fingerprint density at radius 2 is 1.64 bits per heavy atom. The highest BCUT2D eigenvalue weighted by Gasteiger charge is 2.39. The molecule has 126 valence electrons. The quantitative estimate of drug-likeness (QED) is 0.868. The van der Waals surface area contributed by atoms with Crippen molar-refractivity contribution >= 4 is 5.91 Å². The zero-order chi connectivity index (χ0) is 15.3. The zero-order valence-corrected chi connectivity index (χ0v) is 13.9. The lowest BCUT2D eigenvalue weighted by molar-refractivity contribution is -0.127. The zero-order valence-electron chi connectivity index (χ0n) is 13.9. The normalized spacial score (nSPS) is 27.5. The number of carbonyl (C=O) groups excluding carboxylic acids is 1. The summed E-state index contributed by atoms with van der Waals surface area (Å²) in [5, 5.41) is 3.34. The van der Waals surface area contributed by atoms with Crippen molar-refractivity contribution in [3.05, 3.63) is 0 Å². The van der Waals surface area contributed by atoms with Crippen molar-refractivity contribution in [2.45, 2.75) is 69.7 Å². The van der Waals surface area contributed by atoms with Crippen LogP contribution in [0.3, 0.4) is 0 Å². The molecule has 0 radical (unpaired) electrons. The van der Waals surface area contributed by atoms with Crippen LogP contribution in [0, 0.1) is 5.92 Å². The SMILES string of the molecule is O=C(NCC1(N2CCOCC2)CCCCC1)C1CCCCC1. The van der Waals surface area contributed by atoms with Crippen LogP contribution in [0.5, 0.6) is 0 Å². The molecule has 1 heterocycles. The summed E-state index contributed by atoms with van der Waals surface area (Å²) >= 11 is 0. The van der Waals surface area contributed by atoms with Crippen LogP contribution in [-0.4, -0.2) is 49.2 Å². The van der Waals surface area contributed by atoms with E-state index in [1.54, 1.807) is 0 Å². The van der Waals surface area contributed by atoms with E-state index in [2.05, 4.69) is 10.2 Å². The number of carbonyl (C=O) groups is 1. The molecule has 0 aromatic heterocycles. The monoisotopic (exact) mass is 308 g/mol. The molecular weight excluding hydrogens is 276 g/mol. The molecule has 2 saturated carbocycles. The van der Waals surface area contributed by atoms with E-state index in [9.17, 15) is 4.79 Å². The summed E-state index contributed by atoms with van der Waals surface area (Å²) in [6.45, 7) is 4.59. The molecule has 4 nitrogen and oxygen atoms in total. The number of rotatable bonds is 4. The highest BCUT2D eigenvalue weighted by molar-refractivity contribution is 5.78. The fraction of sp³-hybridized carbons (Fsp3) is 0.944. The van der Waals surface area contributed by atoms with Gasteiger partial charge in [0.2, 0.25) is 5.91 Å². The lowest BCUT2D eigenvalue weighted by atomic mass is 9.79. The smallest absolute Gasteiger partial charge is 0.223 e. The first kappa shape index (κ1) is 16.3. The minimum absolute atomic E-state index is 0.201. The summed E-state index contributed by atoms with van der Waals surface area (Å²) in [6.07, 6.45) is 12.4. The van der Waals surface area contributed by atoms with E-state index in [4.69, 9.17) is 4.74 Å². The molecule has 3 rings (SSSR count). The van der Waals surface area contributed by atoms with Gasteiger partial charge in [-0.05, 0) is 25.7 Å². The van der Waals surface area contributed by atoms with E-state index < -0.39 is 0 Å². The molecule has 1 amide bonds. The van der Waals surface area contributed by atoms with Gasteiger partial charge in [0, 0.05) is 31.1 Å². The topological polar surface area (TPSA) is 41.6 Å².